The van der Waals surface area contributed by atoms with Crippen LogP contribution in [0.4, 0.5) is 11.4 Å². The smallest absolute Gasteiger partial charge is 0.261 e. The molecule has 3 N–H and O–H groups in total. The van der Waals surface area contributed by atoms with Gasteiger partial charge in [0.1, 0.15) is 0 Å². The molecule has 0 unspecified atom stereocenters. The SMILES string of the molecule is Cc1ccc(CNC(=S)Nc2ccc(S(=O)(=O)Nc3cc(Cl)cc(Cl)c3)cc2)cc1. The molecule has 0 saturated heterocycles. The second-order valence-electron chi connectivity index (χ2n) is 6.58. The van der Waals surface area contributed by atoms with E-state index >= 15 is 0 Å². The third kappa shape index (κ3) is 6.34. The van der Waals surface area contributed by atoms with Crippen LogP contribution in [0.15, 0.2) is 71.6 Å². The van der Waals surface area contributed by atoms with Gasteiger partial charge in [0.2, 0.25) is 0 Å². The highest BCUT2D eigenvalue weighted by Crippen LogP contribution is 2.25. The molecule has 3 rings (SSSR count). The highest BCUT2D eigenvalue weighted by atomic mass is 35.5. The number of hydrogen-bond donors (Lipinski definition) is 3. The molecule has 156 valence electrons. The van der Waals surface area contributed by atoms with Crippen molar-refractivity contribution in [3.05, 3.63) is 87.9 Å². The molecular weight excluding hydrogens is 461 g/mol. The third-order valence-electron chi connectivity index (χ3n) is 4.11. The average Bonchev–Trinajstić information content (AvgIpc) is 2.67. The van der Waals surface area contributed by atoms with Crippen molar-refractivity contribution in [3.63, 3.8) is 0 Å². The molecule has 0 spiro atoms. The summed E-state index contributed by atoms with van der Waals surface area (Å²) in [4.78, 5) is 0.0997. The van der Waals surface area contributed by atoms with Gasteiger partial charge in [0.15, 0.2) is 5.11 Å². The van der Waals surface area contributed by atoms with E-state index in [1.54, 1.807) is 12.1 Å². The average molecular weight is 480 g/mol. The Hall–Kier alpha value is -2.32. The maximum atomic E-state index is 12.6. The Morgan fingerprint density at radius 2 is 1.50 bits per heavy atom. The summed E-state index contributed by atoms with van der Waals surface area (Å²) in [7, 11) is -3.79. The highest BCUT2D eigenvalue weighted by molar-refractivity contribution is 7.92. The molecule has 0 aliphatic heterocycles. The third-order valence-corrected chi connectivity index (χ3v) is 6.19. The number of rotatable bonds is 6. The van der Waals surface area contributed by atoms with E-state index in [2.05, 4.69) is 15.4 Å². The van der Waals surface area contributed by atoms with Gasteiger partial charge in [-0.25, -0.2) is 8.42 Å². The van der Waals surface area contributed by atoms with Crippen LogP contribution in [0.3, 0.4) is 0 Å². The van der Waals surface area contributed by atoms with Crippen molar-refractivity contribution >= 4 is 61.9 Å². The van der Waals surface area contributed by atoms with Crippen LogP contribution in [0, 0.1) is 6.92 Å². The van der Waals surface area contributed by atoms with Gasteiger partial charge in [0, 0.05) is 22.3 Å². The van der Waals surface area contributed by atoms with E-state index in [0.29, 0.717) is 27.4 Å². The Labute approximate surface area is 191 Å². The minimum absolute atomic E-state index is 0.0997. The van der Waals surface area contributed by atoms with Gasteiger partial charge in [-0.05, 0) is 67.2 Å². The molecule has 0 radical (unpaired) electrons. The molecule has 3 aromatic rings. The van der Waals surface area contributed by atoms with Gasteiger partial charge in [-0.3, -0.25) is 4.72 Å². The lowest BCUT2D eigenvalue weighted by molar-refractivity contribution is 0.601. The van der Waals surface area contributed by atoms with E-state index in [4.69, 9.17) is 35.4 Å². The number of benzene rings is 3. The van der Waals surface area contributed by atoms with Gasteiger partial charge in [-0.15, -0.1) is 0 Å². The van der Waals surface area contributed by atoms with Crippen LogP contribution in [0.25, 0.3) is 0 Å². The summed E-state index contributed by atoms with van der Waals surface area (Å²) in [6.07, 6.45) is 0. The number of sulfonamides is 1. The lowest BCUT2D eigenvalue weighted by Gasteiger charge is -2.12. The van der Waals surface area contributed by atoms with Crippen molar-refractivity contribution in [3.8, 4) is 0 Å². The molecule has 0 atom stereocenters. The summed E-state index contributed by atoms with van der Waals surface area (Å²) < 4.78 is 27.6. The molecule has 0 bridgehead atoms. The number of nitrogens with one attached hydrogen (secondary N) is 3. The van der Waals surface area contributed by atoms with E-state index in [1.807, 2.05) is 31.2 Å². The fourth-order valence-electron chi connectivity index (χ4n) is 2.61. The Balaban J connectivity index is 1.60. The number of hydrogen-bond acceptors (Lipinski definition) is 3. The molecule has 0 heterocycles. The van der Waals surface area contributed by atoms with E-state index in [1.165, 1.54) is 35.9 Å². The molecule has 3 aromatic carbocycles. The Morgan fingerprint density at radius 3 is 2.10 bits per heavy atom. The molecule has 30 heavy (non-hydrogen) atoms. The van der Waals surface area contributed by atoms with Crippen LogP contribution < -0.4 is 15.4 Å². The number of anilines is 2. The van der Waals surface area contributed by atoms with Crippen LogP contribution in [0.2, 0.25) is 10.0 Å². The van der Waals surface area contributed by atoms with E-state index < -0.39 is 10.0 Å². The Morgan fingerprint density at radius 1 is 0.900 bits per heavy atom. The first-order valence-corrected chi connectivity index (χ1v) is 11.6. The zero-order chi connectivity index (χ0) is 21.7. The lowest BCUT2D eigenvalue weighted by Crippen LogP contribution is -2.27. The second kappa shape index (κ2) is 9.66. The maximum absolute atomic E-state index is 12.6. The van der Waals surface area contributed by atoms with Gasteiger partial charge in [0.05, 0.1) is 10.6 Å². The molecule has 0 aliphatic carbocycles. The zero-order valence-corrected chi connectivity index (χ0v) is 19.1. The monoisotopic (exact) mass is 479 g/mol. The summed E-state index contributed by atoms with van der Waals surface area (Å²) in [5, 5.41) is 7.28. The predicted octanol–water partition coefficient (Wildman–Crippen LogP) is 5.59. The number of halogens is 2. The molecular formula is C21H19Cl2N3O2S2. The number of thiocarbonyl (C=S) groups is 1. The van der Waals surface area contributed by atoms with Crippen molar-refractivity contribution in [1.82, 2.24) is 5.32 Å². The van der Waals surface area contributed by atoms with Gasteiger partial charge < -0.3 is 10.6 Å². The summed E-state index contributed by atoms with van der Waals surface area (Å²) in [6, 6.07) is 18.9. The van der Waals surface area contributed by atoms with E-state index in [9.17, 15) is 8.42 Å². The van der Waals surface area contributed by atoms with E-state index in [0.717, 1.165) is 5.56 Å². The normalized spacial score (nSPS) is 11.0. The first-order valence-electron chi connectivity index (χ1n) is 8.91. The fourth-order valence-corrected chi connectivity index (χ4v) is 4.36. The molecule has 0 aliphatic rings. The van der Waals surface area contributed by atoms with Gasteiger partial charge >= 0.3 is 0 Å². The van der Waals surface area contributed by atoms with Crippen LogP contribution in [0.5, 0.6) is 0 Å². The van der Waals surface area contributed by atoms with Gasteiger partial charge in [-0.2, -0.15) is 0 Å². The summed E-state index contributed by atoms with van der Waals surface area (Å²) in [6.45, 7) is 2.62. The summed E-state index contributed by atoms with van der Waals surface area (Å²) in [5.41, 5.74) is 3.26. The zero-order valence-electron chi connectivity index (χ0n) is 15.9. The maximum Gasteiger partial charge on any atom is 0.261 e. The minimum Gasteiger partial charge on any atom is -0.358 e. The first-order chi connectivity index (χ1) is 14.2. The summed E-state index contributed by atoms with van der Waals surface area (Å²) in [5.74, 6) is 0. The van der Waals surface area contributed by atoms with Crippen LogP contribution in [-0.2, 0) is 16.6 Å². The van der Waals surface area contributed by atoms with Crippen molar-refractivity contribution in [2.24, 2.45) is 0 Å². The van der Waals surface area contributed by atoms with Crippen LogP contribution >= 0.6 is 35.4 Å². The molecule has 0 aromatic heterocycles. The van der Waals surface area contributed by atoms with Crippen molar-refractivity contribution < 1.29 is 8.42 Å². The minimum atomic E-state index is -3.79. The van der Waals surface area contributed by atoms with E-state index in [-0.39, 0.29) is 10.6 Å². The lowest BCUT2D eigenvalue weighted by atomic mass is 10.1. The quantitative estimate of drug-likeness (QED) is 0.402. The predicted molar refractivity (Wildman–Crippen MR) is 128 cm³/mol. The Kier molecular flexibility index (Phi) is 7.20. The van der Waals surface area contributed by atoms with Crippen molar-refractivity contribution in [1.29, 1.82) is 0 Å². The standard InChI is InChI=1S/C21H19Cl2N3O2S2/c1-14-2-4-15(5-3-14)13-24-21(29)25-18-6-8-20(9-7-18)30(27,28)26-19-11-16(22)10-17(23)12-19/h2-12,26H,13H2,1H3,(H2,24,25,29). The van der Waals surface area contributed by atoms with Gasteiger partial charge in [0.25, 0.3) is 10.0 Å². The molecule has 0 amide bonds. The molecule has 5 nitrogen and oxygen atoms in total. The van der Waals surface area contributed by atoms with Crippen LogP contribution in [0.1, 0.15) is 11.1 Å². The van der Waals surface area contributed by atoms with Gasteiger partial charge in [-0.1, -0.05) is 53.0 Å². The van der Waals surface area contributed by atoms with Crippen molar-refractivity contribution in [2.45, 2.75) is 18.4 Å². The topological polar surface area (TPSA) is 70.2 Å². The van der Waals surface area contributed by atoms with Crippen molar-refractivity contribution in [2.75, 3.05) is 10.0 Å². The molecule has 0 saturated carbocycles. The largest absolute Gasteiger partial charge is 0.358 e. The molecule has 9 heteroatoms. The molecule has 0 fully saturated rings. The Bertz CT molecular complexity index is 1130. The number of aryl methyl sites for hydroxylation is 1. The highest BCUT2D eigenvalue weighted by Gasteiger charge is 2.15. The van der Waals surface area contributed by atoms with Crippen LogP contribution in [-0.4, -0.2) is 13.5 Å². The first kappa shape index (κ1) is 22.4. The fraction of sp³-hybridized carbons (Fsp3) is 0.0952. The summed E-state index contributed by atoms with van der Waals surface area (Å²) >= 11 is 17.1. The second-order valence-corrected chi connectivity index (χ2v) is 9.54.